The average Bonchev–Trinajstić information content (AvgIpc) is 3.04. The Morgan fingerprint density at radius 2 is 1.83 bits per heavy atom. The summed E-state index contributed by atoms with van der Waals surface area (Å²) in [6.45, 7) is 7.64. The monoisotopic (exact) mass is 314 g/mol. The van der Waals surface area contributed by atoms with Gasteiger partial charge in [0.25, 0.3) is 0 Å². The van der Waals surface area contributed by atoms with Crippen LogP contribution in [0.2, 0.25) is 0 Å². The summed E-state index contributed by atoms with van der Waals surface area (Å²) < 4.78 is 12.6. The van der Waals surface area contributed by atoms with Gasteiger partial charge in [-0.1, -0.05) is 0 Å². The first-order valence-corrected chi connectivity index (χ1v) is 7.53. The molecule has 2 atom stereocenters. The van der Waals surface area contributed by atoms with E-state index in [-0.39, 0.29) is 6.04 Å². The van der Waals surface area contributed by atoms with Crippen LogP contribution in [0.3, 0.4) is 0 Å². The summed E-state index contributed by atoms with van der Waals surface area (Å²) in [7, 11) is 0. The Labute approximate surface area is 132 Å². The van der Waals surface area contributed by atoms with Gasteiger partial charge < -0.3 is 9.84 Å². The Balaban J connectivity index is 1.98. The van der Waals surface area contributed by atoms with Gasteiger partial charge in [0, 0.05) is 17.3 Å². The summed E-state index contributed by atoms with van der Waals surface area (Å²) in [5, 5.41) is 23.2. The topological polar surface area (TPSA) is 86.2 Å². The van der Waals surface area contributed by atoms with Crippen LogP contribution in [-0.2, 0) is 0 Å². The molecule has 1 aliphatic heterocycles. The van der Waals surface area contributed by atoms with Crippen molar-refractivity contribution in [3.8, 4) is 5.75 Å². The van der Waals surface area contributed by atoms with Gasteiger partial charge in [-0.15, -0.1) is 0 Å². The maximum absolute atomic E-state index is 10.9. The van der Waals surface area contributed by atoms with E-state index < -0.39 is 11.7 Å². The first kappa shape index (κ1) is 14.2. The second kappa shape index (κ2) is 4.55. The van der Waals surface area contributed by atoms with E-state index in [9.17, 15) is 5.11 Å². The number of aromatic nitrogens is 4. The minimum atomic E-state index is -0.759. The number of nitrogens with zero attached hydrogens (tertiary/aromatic N) is 4. The van der Waals surface area contributed by atoms with E-state index in [0.29, 0.717) is 16.8 Å². The summed E-state index contributed by atoms with van der Waals surface area (Å²) in [5.74, 6) is 0.668. The number of aryl methyl sites for hydroxylation is 2. The lowest BCUT2D eigenvalue weighted by Crippen LogP contribution is -2.51. The van der Waals surface area contributed by atoms with Gasteiger partial charge in [-0.2, -0.15) is 5.10 Å². The number of fused-ring (bicyclic) bond motifs is 2. The van der Waals surface area contributed by atoms with Crippen molar-refractivity contribution in [3.63, 3.8) is 0 Å². The molecule has 3 heterocycles. The zero-order chi connectivity index (χ0) is 16.4. The molecule has 7 nitrogen and oxygen atoms in total. The number of benzene rings is 1. The summed E-state index contributed by atoms with van der Waals surface area (Å²) in [4.78, 5) is 0. The zero-order valence-electron chi connectivity index (χ0n) is 13.4. The maximum Gasteiger partial charge on any atom is 0.138 e. The number of hydrogen-bond donors (Lipinski definition) is 1. The van der Waals surface area contributed by atoms with Crippen molar-refractivity contribution in [1.82, 2.24) is 20.1 Å². The van der Waals surface area contributed by atoms with Gasteiger partial charge >= 0.3 is 0 Å². The van der Waals surface area contributed by atoms with Crippen molar-refractivity contribution >= 4 is 11.0 Å². The van der Waals surface area contributed by atoms with E-state index in [1.54, 1.807) is 6.07 Å². The molecule has 1 aromatic carbocycles. The van der Waals surface area contributed by atoms with Gasteiger partial charge in [0.1, 0.15) is 34.5 Å². The lowest BCUT2D eigenvalue weighted by atomic mass is 9.86. The molecule has 7 heteroatoms. The highest BCUT2D eigenvalue weighted by molar-refractivity contribution is 5.77. The summed E-state index contributed by atoms with van der Waals surface area (Å²) in [6, 6.07) is 5.28. The van der Waals surface area contributed by atoms with Crippen LogP contribution in [0.15, 0.2) is 22.8 Å². The molecule has 2 unspecified atom stereocenters. The second-order valence-electron chi connectivity index (χ2n) is 6.61. The number of aliphatic hydroxyl groups is 1. The van der Waals surface area contributed by atoms with Gasteiger partial charge in [0.05, 0.1) is 5.69 Å². The van der Waals surface area contributed by atoms with Crippen molar-refractivity contribution in [2.24, 2.45) is 0 Å². The molecule has 1 aliphatic rings. The standard InChI is InChI=1S/C16H18N4O3/c1-8-5-9(2)20(17-8)14-10-6-11-12(19-23-18-11)7-13(10)22-16(3,4)15(14)21/h5-7,14-15,21H,1-4H3. The maximum atomic E-state index is 10.9. The van der Waals surface area contributed by atoms with E-state index >= 15 is 0 Å². The Kier molecular flexibility index (Phi) is 2.81. The fourth-order valence-corrected chi connectivity index (χ4v) is 3.24. The SMILES string of the molecule is Cc1cc(C)n(C2c3cc4nonc4cc3OC(C)(C)C2O)n1. The molecule has 1 N–H and O–H groups in total. The van der Waals surface area contributed by atoms with Gasteiger partial charge in [0.2, 0.25) is 0 Å². The third kappa shape index (κ3) is 2.03. The van der Waals surface area contributed by atoms with Crippen molar-refractivity contribution < 1.29 is 14.5 Å². The smallest absolute Gasteiger partial charge is 0.138 e. The van der Waals surface area contributed by atoms with Crippen LogP contribution in [0.5, 0.6) is 5.75 Å². The average molecular weight is 314 g/mol. The minimum Gasteiger partial charge on any atom is -0.485 e. The molecule has 2 aromatic heterocycles. The van der Waals surface area contributed by atoms with Crippen molar-refractivity contribution in [2.45, 2.75) is 45.4 Å². The molecular formula is C16H18N4O3. The third-order valence-corrected chi connectivity index (χ3v) is 4.40. The quantitative estimate of drug-likeness (QED) is 0.740. The molecular weight excluding hydrogens is 296 g/mol. The fourth-order valence-electron chi connectivity index (χ4n) is 3.24. The molecule has 0 bridgehead atoms. The third-order valence-electron chi connectivity index (χ3n) is 4.40. The van der Waals surface area contributed by atoms with Crippen LogP contribution in [0, 0.1) is 13.8 Å². The fraction of sp³-hybridized carbons (Fsp3) is 0.438. The molecule has 23 heavy (non-hydrogen) atoms. The summed E-state index contributed by atoms with van der Waals surface area (Å²) >= 11 is 0. The molecule has 0 fully saturated rings. The number of hydrogen-bond acceptors (Lipinski definition) is 6. The zero-order valence-corrected chi connectivity index (χ0v) is 13.4. The number of rotatable bonds is 1. The molecule has 0 amide bonds. The van der Waals surface area contributed by atoms with E-state index in [1.165, 1.54) is 0 Å². The van der Waals surface area contributed by atoms with Crippen LogP contribution in [0.25, 0.3) is 11.0 Å². The van der Waals surface area contributed by atoms with Crippen LogP contribution < -0.4 is 4.74 Å². The Morgan fingerprint density at radius 3 is 2.48 bits per heavy atom. The molecule has 4 rings (SSSR count). The lowest BCUT2D eigenvalue weighted by Gasteiger charge is -2.42. The van der Waals surface area contributed by atoms with Gasteiger partial charge in [0.15, 0.2) is 0 Å². The highest BCUT2D eigenvalue weighted by Gasteiger charge is 2.45. The molecule has 3 aromatic rings. The second-order valence-corrected chi connectivity index (χ2v) is 6.61. The predicted molar refractivity (Wildman–Crippen MR) is 82.4 cm³/mol. The van der Waals surface area contributed by atoms with Gasteiger partial charge in [-0.3, -0.25) is 4.68 Å². The van der Waals surface area contributed by atoms with Crippen molar-refractivity contribution in [3.05, 3.63) is 35.2 Å². The molecule has 0 spiro atoms. The Bertz CT molecular complexity index is 896. The van der Waals surface area contributed by atoms with E-state index in [2.05, 4.69) is 15.4 Å². The lowest BCUT2D eigenvalue weighted by molar-refractivity contribution is -0.0660. The Hall–Kier alpha value is -2.41. The molecule has 0 aliphatic carbocycles. The molecule has 120 valence electrons. The Morgan fingerprint density at radius 1 is 1.13 bits per heavy atom. The normalized spacial score (nSPS) is 22.8. The van der Waals surface area contributed by atoms with Crippen LogP contribution >= 0.6 is 0 Å². The van der Waals surface area contributed by atoms with Crippen LogP contribution in [0.1, 0.15) is 36.8 Å². The predicted octanol–water partition coefficient (Wildman–Crippen LogP) is 2.16. The summed E-state index contributed by atoms with van der Waals surface area (Å²) in [6.07, 6.45) is -0.759. The van der Waals surface area contributed by atoms with E-state index in [4.69, 9.17) is 9.37 Å². The first-order chi connectivity index (χ1) is 10.9. The van der Waals surface area contributed by atoms with Crippen LogP contribution in [-0.4, -0.2) is 36.9 Å². The van der Waals surface area contributed by atoms with E-state index in [1.807, 2.05) is 44.5 Å². The number of aliphatic hydroxyl groups excluding tert-OH is 1. The summed E-state index contributed by atoms with van der Waals surface area (Å²) in [5.41, 5.74) is 3.22. The molecule has 0 radical (unpaired) electrons. The highest BCUT2D eigenvalue weighted by Crippen LogP contribution is 2.43. The van der Waals surface area contributed by atoms with Crippen LogP contribution in [0.4, 0.5) is 0 Å². The van der Waals surface area contributed by atoms with Gasteiger partial charge in [-0.05, 0) is 50.1 Å². The molecule has 0 saturated carbocycles. The largest absolute Gasteiger partial charge is 0.485 e. The first-order valence-electron chi connectivity index (χ1n) is 7.53. The van der Waals surface area contributed by atoms with Crippen molar-refractivity contribution in [2.75, 3.05) is 0 Å². The van der Waals surface area contributed by atoms with Gasteiger partial charge in [-0.25, -0.2) is 4.63 Å². The van der Waals surface area contributed by atoms with Crippen molar-refractivity contribution in [1.29, 1.82) is 0 Å². The molecule has 0 saturated heterocycles. The number of ether oxygens (including phenoxy) is 1. The minimum absolute atomic E-state index is 0.358. The highest BCUT2D eigenvalue weighted by atomic mass is 16.6. The van der Waals surface area contributed by atoms with E-state index in [0.717, 1.165) is 17.0 Å².